The minimum absolute atomic E-state index is 0.0408. The van der Waals surface area contributed by atoms with E-state index in [4.69, 9.17) is 40.0 Å². The Morgan fingerprint density at radius 2 is 1.62 bits per heavy atom. The van der Waals surface area contributed by atoms with Crippen molar-refractivity contribution in [2.45, 2.75) is 51.2 Å². The second-order valence-electron chi connectivity index (χ2n) is 11.4. The molecule has 0 bridgehead atoms. The largest absolute Gasteiger partial charge is 0.496 e. The molecule has 0 aliphatic rings. The number of sulfonamides is 1. The van der Waals surface area contributed by atoms with Gasteiger partial charge in [0, 0.05) is 25.8 Å². The van der Waals surface area contributed by atoms with E-state index in [9.17, 15) is 22.8 Å². The van der Waals surface area contributed by atoms with Crippen molar-refractivity contribution < 1.29 is 51.2 Å². The van der Waals surface area contributed by atoms with Gasteiger partial charge in [-0.25, -0.2) is 17.9 Å². The van der Waals surface area contributed by atoms with Crippen LogP contribution in [0.15, 0.2) is 77.2 Å². The van der Waals surface area contributed by atoms with E-state index < -0.39 is 38.7 Å². The van der Waals surface area contributed by atoms with Crippen LogP contribution < -0.4 is 24.2 Å². The molecule has 0 aliphatic heterocycles. The standard InChI is InChI=1S/C37H43ClN2O11S/c1-7-29(39-37(43)49-21-26-11-9-8-10-12-26)36(42)40-52(44,45)33-19-25(14-17-28(33)38)15-18-30(41)34-32(48-6)20-31(50-22-46-4)27(16-13-24(2)3)35(34)51-23-47-5/h8-15,17-20,29H,7,16,21-23H2,1-6H3,(H,39,43)(H,40,42)/b18-15+. The van der Waals surface area contributed by atoms with Crippen molar-refractivity contribution in [3.63, 3.8) is 0 Å². The number of methoxy groups -OCH3 is 3. The number of halogens is 1. The average molecular weight is 759 g/mol. The average Bonchev–Trinajstić information content (AvgIpc) is 3.12. The van der Waals surface area contributed by atoms with Crippen molar-refractivity contribution in [3.05, 3.63) is 99.6 Å². The van der Waals surface area contributed by atoms with Crippen LogP contribution in [-0.4, -0.2) is 67.2 Å². The van der Waals surface area contributed by atoms with Crippen LogP contribution in [-0.2, 0) is 42.1 Å². The molecule has 0 saturated carbocycles. The predicted molar refractivity (Wildman–Crippen MR) is 195 cm³/mol. The number of ether oxygens (including phenoxy) is 6. The first-order valence-electron chi connectivity index (χ1n) is 16.0. The Labute approximate surface area is 308 Å². The summed E-state index contributed by atoms with van der Waals surface area (Å²) in [5, 5.41) is 2.20. The van der Waals surface area contributed by atoms with Crippen LogP contribution >= 0.6 is 11.6 Å². The van der Waals surface area contributed by atoms with E-state index in [1.807, 2.05) is 30.7 Å². The first-order chi connectivity index (χ1) is 24.8. The van der Waals surface area contributed by atoms with E-state index in [1.165, 1.54) is 51.7 Å². The lowest BCUT2D eigenvalue weighted by Gasteiger charge is -2.20. The quantitative estimate of drug-likeness (QED) is 0.0617. The first kappa shape index (κ1) is 41.5. The molecule has 2 amide bonds. The molecule has 3 aromatic carbocycles. The zero-order chi connectivity index (χ0) is 38.3. The van der Waals surface area contributed by atoms with Gasteiger partial charge in [0.2, 0.25) is 0 Å². The maximum Gasteiger partial charge on any atom is 0.408 e. The van der Waals surface area contributed by atoms with Crippen molar-refractivity contribution in [2.24, 2.45) is 0 Å². The fraction of sp³-hybridized carbons (Fsp3) is 0.324. The lowest BCUT2D eigenvalue weighted by atomic mass is 9.99. The van der Waals surface area contributed by atoms with Gasteiger partial charge >= 0.3 is 6.09 Å². The second-order valence-corrected chi connectivity index (χ2v) is 13.4. The number of benzene rings is 3. The van der Waals surface area contributed by atoms with Gasteiger partial charge in [-0.15, -0.1) is 0 Å². The number of hydrogen-bond donors (Lipinski definition) is 2. The molecule has 3 rings (SSSR count). The molecule has 1 atom stereocenters. The summed E-state index contributed by atoms with van der Waals surface area (Å²) in [6, 6.07) is 13.2. The third-order valence-electron chi connectivity index (χ3n) is 7.28. The Hall–Kier alpha value is -4.89. The summed E-state index contributed by atoms with van der Waals surface area (Å²) in [6.45, 7) is 5.16. The smallest absolute Gasteiger partial charge is 0.408 e. The SMILES string of the molecule is CCC(NC(=O)OCc1ccccc1)C(=O)NS(=O)(=O)c1cc(/C=C/C(=O)c2c(OC)cc(OCOC)c(CC=C(C)C)c2OCOC)ccc1Cl. The van der Waals surface area contributed by atoms with Crippen LogP contribution in [0.1, 0.15) is 54.2 Å². The summed E-state index contributed by atoms with van der Waals surface area (Å²) in [5.41, 5.74) is 2.64. The summed E-state index contributed by atoms with van der Waals surface area (Å²) in [6.07, 6.45) is 4.05. The highest BCUT2D eigenvalue weighted by Gasteiger charge is 2.28. The number of hydrogen-bond acceptors (Lipinski definition) is 11. The molecule has 280 valence electrons. The van der Waals surface area contributed by atoms with Gasteiger partial charge in [0.1, 0.15) is 40.4 Å². The summed E-state index contributed by atoms with van der Waals surface area (Å²) in [5.74, 6) is -0.836. The van der Waals surface area contributed by atoms with Gasteiger partial charge < -0.3 is 33.7 Å². The topological polar surface area (TPSA) is 165 Å². The zero-order valence-electron chi connectivity index (χ0n) is 29.8. The fourth-order valence-electron chi connectivity index (χ4n) is 4.68. The van der Waals surface area contributed by atoms with Crippen LogP contribution in [0, 0.1) is 0 Å². The number of amides is 2. The predicted octanol–water partition coefficient (Wildman–Crippen LogP) is 6.23. The molecule has 0 heterocycles. The molecule has 52 heavy (non-hydrogen) atoms. The normalized spacial score (nSPS) is 11.8. The van der Waals surface area contributed by atoms with Gasteiger partial charge in [-0.1, -0.05) is 72.6 Å². The van der Waals surface area contributed by atoms with Crippen molar-refractivity contribution in [3.8, 4) is 17.2 Å². The van der Waals surface area contributed by atoms with Crippen LogP contribution in [0.4, 0.5) is 4.79 Å². The molecule has 0 fully saturated rings. The van der Waals surface area contributed by atoms with Crippen LogP contribution in [0.3, 0.4) is 0 Å². The highest BCUT2D eigenvalue weighted by atomic mass is 35.5. The van der Waals surface area contributed by atoms with Gasteiger partial charge in [-0.2, -0.15) is 0 Å². The van der Waals surface area contributed by atoms with E-state index in [2.05, 4.69) is 5.32 Å². The highest BCUT2D eigenvalue weighted by molar-refractivity contribution is 7.90. The number of alkyl carbamates (subject to hydrolysis) is 1. The third-order valence-corrected chi connectivity index (χ3v) is 9.11. The van der Waals surface area contributed by atoms with Gasteiger partial charge in [-0.3, -0.25) is 9.59 Å². The number of ketones is 1. The summed E-state index contributed by atoms with van der Waals surface area (Å²) in [4.78, 5) is 38.7. The fourth-order valence-corrected chi connectivity index (χ4v) is 6.23. The minimum Gasteiger partial charge on any atom is -0.496 e. The summed E-state index contributed by atoms with van der Waals surface area (Å²) in [7, 11) is -0.227. The molecule has 0 aliphatic carbocycles. The van der Waals surface area contributed by atoms with Gasteiger partial charge in [-0.05, 0) is 56.0 Å². The molecule has 0 saturated heterocycles. The van der Waals surface area contributed by atoms with E-state index in [0.29, 0.717) is 17.7 Å². The van der Waals surface area contributed by atoms with E-state index in [1.54, 1.807) is 37.3 Å². The maximum atomic E-state index is 13.8. The molecule has 15 heteroatoms. The summed E-state index contributed by atoms with van der Waals surface area (Å²) >= 11 is 6.27. The first-order valence-corrected chi connectivity index (χ1v) is 17.9. The molecular weight excluding hydrogens is 716 g/mol. The molecule has 13 nitrogen and oxygen atoms in total. The van der Waals surface area contributed by atoms with Crippen molar-refractivity contribution in [1.82, 2.24) is 10.0 Å². The van der Waals surface area contributed by atoms with Crippen molar-refractivity contribution >= 4 is 45.5 Å². The minimum atomic E-state index is -4.53. The monoisotopic (exact) mass is 758 g/mol. The van der Waals surface area contributed by atoms with Crippen LogP contribution in [0.5, 0.6) is 17.2 Å². The number of rotatable bonds is 19. The zero-order valence-corrected chi connectivity index (χ0v) is 31.4. The molecule has 2 N–H and O–H groups in total. The van der Waals surface area contributed by atoms with Gasteiger partial charge in [0.05, 0.1) is 12.1 Å². The van der Waals surface area contributed by atoms with Crippen molar-refractivity contribution in [2.75, 3.05) is 34.9 Å². The Morgan fingerprint density at radius 3 is 2.25 bits per heavy atom. The van der Waals surface area contributed by atoms with Crippen LogP contribution in [0.2, 0.25) is 5.02 Å². The van der Waals surface area contributed by atoms with Gasteiger partial charge in [0.15, 0.2) is 19.4 Å². The second kappa shape index (κ2) is 20.2. The van der Waals surface area contributed by atoms with Gasteiger partial charge in [0.25, 0.3) is 15.9 Å². The van der Waals surface area contributed by atoms with E-state index in [0.717, 1.165) is 11.1 Å². The lowest BCUT2D eigenvalue weighted by molar-refractivity contribution is -0.121. The number of allylic oxidation sites excluding steroid dienone is 3. The molecule has 3 aromatic rings. The Morgan fingerprint density at radius 1 is 0.923 bits per heavy atom. The molecule has 0 radical (unpaired) electrons. The lowest BCUT2D eigenvalue weighted by Crippen LogP contribution is -2.48. The Bertz CT molecular complexity index is 1880. The van der Waals surface area contributed by atoms with Crippen LogP contribution in [0.25, 0.3) is 6.08 Å². The number of carbonyl (C=O) groups is 3. The molecular formula is C37H43ClN2O11S. The number of nitrogens with one attached hydrogen (secondary N) is 2. The maximum absolute atomic E-state index is 13.8. The Kier molecular flexibility index (Phi) is 16.2. The number of carbonyl (C=O) groups excluding carboxylic acids is 3. The van der Waals surface area contributed by atoms with Crippen molar-refractivity contribution in [1.29, 1.82) is 0 Å². The molecule has 1 unspecified atom stereocenters. The highest BCUT2D eigenvalue weighted by Crippen LogP contribution is 2.41. The van der Waals surface area contributed by atoms with E-state index in [-0.39, 0.29) is 54.3 Å². The summed E-state index contributed by atoms with van der Waals surface area (Å²) < 4.78 is 61.3. The molecule has 0 spiro atoms. The third kappa shape index (κ3) is 11.8. The van der Waals surface area contributed by atoms with E-state index >= 15 is 0 Å². The Balaban J connectivity index is 1.88. The molecule has 0 aromatic heterocycles.